The normalized spacial score (nSPS) is 15.0. The fourth-order valence-electron chi connectivity index (χ4n) is 2.35. The lowest BCUT2D eigenvalue weighted by atomic mass is 10.2. The zero-order valence-corrected chi connectivity index (χ0v) is 16.0. The highest BCUT2D eigenvalue weighted by molar-refractivity contribution is 5.85. The Balaban J connectivity index is 2.24. The molecule has 0 bridgehead atoms. The van der Waals surface area contributed by atoms with E-state index in [0.717, 1.165) is 38.9 Å². The molecular weight excluding hydrogens is 322 g/mol. The number of likely N-dealkylation sites (tertiary alicyclic amines) is 1. The zero-order chi connectivity index (χ0) is 18.7. The van der Waals surface area contributed by atoms with Gasteiger partial charge in [-0.1, -0.05) is 0 Å². The van der Waals surface area contributed by atoms with E-state index in [1.807, 2.05) is 32.6 Å². The summed E-state index contributed by atoms with van der Waals surface area (Å²) >= 11 is 0. The third-order valence-corrected chi connectivity index (χ3v) is 3.49. The highest BCUT2D eigenvalue weighted by atomic mass is 16.6. The first-order valence-corrected chi connectivity index (χ1v) is 9.08. The van der Waals surface area contributed by atoms with Gasteiger partial charge in [0.05, 0.1) is 0 Å². The number of hydrogen-bond donors (Lipinski definition) is 3. The third kappa shape index (κ3) is 9.79. The first-order chi connectivity index (χ1) is 11.8. The van der Waals surface area contributed by atoms with Crippen LogP contribution >= 0.6 is 0 Å². The SMILES string of the molecule is CCNC(=NCC(=O)N1CCCC1)NCCCNC(=O)OC(C)(C)C. The van der Waals surface area contributed by atoms with Gasteiger partial charge in [0.15, 0.2) is 5.96 Å². The maximum absolute atomic E-state index is 12.0. The summed E-state index contributed by atoms with van der Waals surface area (Å²) in [5.74, 6) is 0.689. The number of amides is 2. The molecule has 25 heavy (non-hydrogen) atoms. The molecule has 1 fully saturated rings. The Labute approximate surface area is 150 Å². The van der Waals surface area contributed by atoms with Gasteiger partial charge in [-0.05, 0) is 47.0 Å². The highest BCUT2D eigenvalue weighted by Gasteiger charge is 2.17. The number of ether oxygens (including phenoxy) is 1. The van der Waals surface area contributed by atoms with Gasteiger partial charge in [-0.3, -0.25) is 4.79 Å². The van der Waals surface area contributed by atoms with Gasteiger partial charge in [-0.2, -0.15) is 0 Å². The summed E-state index contributed by atoms with van der Waals surface area (Å²) < 4.78 is 5.17. The summed E-state index contributed by atoms with van der Waals surface area (Å²) in [6.07, 6.45) is 2.48. The van der Waals surface area contributed by atoms with Gasteiger partial charge in [0.25, 0.3) is 0 Å². The number of hydrogen-bond acceptors (Lipinski definition) is 4. The van der Waals surface area contributed by atoms with E-state index in [1.165, 1.54) is 0 Å². The molecule has 0 aromatic rings. The van der Waals surface area contributed by atoms with Crippen molar-refractivity contribution < 1.29 is 14.3 Å². The van der Waals surface area contributed by atoms with E-state index in [4.69, 9.17) is 4.74 Å². The average molecular weight is 355 g/mol. The van der Waals surface area contributed by atoms with E-state index in [9.17, 15) is 9.59 Å². The Hall–Kier alpha value is -1.99. The number of alkyl carbamates (subject to hydrolysis) is 1. The smallest absolute Gasteiger partial charge is 0.407 e. The molecule has 3 N–H and O–H groups in total. The molecular formula is C17H33N5O3. The first kappa shape index (κ1) is 21.1. The molecule has 0 radical (unpaired) electrons. The maximum Gasteiger partial charge on any atom is 0.407 e. The molecule has 144 valence electrons. The Kier molecular flexibility index (Phi) is 9.08. The second kappa shape index (κ2) is 10.8. The Morgan fingerprint density at radius 2 is 1.72 bits per heavy atom. The molecule has 1 heterocycles. The van der Waals surface area contributed by atoms with Crippen molar-refractivity contribution >= 4 is 18.0 Å². The van der Waals surface area contributed by atoms with E-state index >= 15 is 0 Å². The quantitative estimate of drug-likeness (QED) is 0.361. The van der Waals surface area contributed by atoms with Crippen molar-refractivity contribution in [2.45, 2.75) is 52.6 Å². The van der Waals surface area contributed by atoms with Crippen molar-refractivity contribution in [1.82, 2.24) is 20.9 Å². The second-order valence-corrected chi connectivity index (χ2v) is 6.99. The monoisotopic (exact) mass is 355 g/mol. The highest BCUT2D eigenvalue weighted by Crippen LogP contribution is 2.07. The summed E-state index contributed by atoms with van der Waals surface area (Å²) in [5, 5.41) is 8.99. The average Bonchev–Trinajstić information content (AvgIpc) is 3.04. The molecule has 8 nitrogen and oxygen atoms in total. The number of nitrogens with zero attached hydrogens (tertiary/aromatic N) is 2. The molecule has 1 aliphatic heterocycles. The van der Waals surface area contributed by atoms with Crippen molar-refractivity contribution in [3.63, 3.8) is 0 Å². The van der Waals surface area contributed by atoms with Crippen LogP contribution < -0.4 is 16.0 Å². The molecule has 0 aliphatic carbocycles. The van der Waals surface area contributed by atoms with E-state index in [0.29, 0.717) is 19.0 Å². The van der Waals surface area contributed by atoms with Crippen molar-refractivity contribution in [3.8, 4) is 0 Å². The first-order valence-electron chi connectivity index (χ1n) is 9.08. The van der Waals surface area contributed by atoms with Crippen LogP contribution in [0.4, 0.5) is 4.79 Å². The van der Waals surface area contributed by atoms with Crippen molar-refractivity contribution in [2.75, 3.05) is 39.3 Å². The van der Waals surface area contributed by atoms with Crippen LogP contribution in [0.3, 0.4) is 0 Å². The predicted octanol–water partition coefficient (Wildman–Crippen LogP) is 1.08. The summed E-state index contributed by atoms with van der Waals surface area (Å²) in [5.41, 5.74) is -0.491. The summed E-state index contributed by atoms with van der Waals surface area (Å²) in [6, 6.07) is 0. The minimum absolute atomic E-state index is 0.0706. The minimum atomic E-state index is -0.491. The lowest BCUT2D eigenvalue weighted by Crippen LogP contribution is -2.40. The van der Waals surface area contributed by atoms with Crippen LogP contribution in [0, 0.1) is 0 Å². The van der Waals surface area contributed by atoms with Crippen LogP contribution in [0.25, 0.3) is 0 Å². The van der Waals surface area contributed by atoms with Gasteiger partial charge in [0.1, 0.15) is 12.1 Å². The molecule has 0 unspecified atom stereocenters. The fraction of sp³-hybridized carbons (Fsp3) is 0.824. The summed E-state index contributed by atoms with van der Waals surface area (Å²) in [4.78, 5) is 29.7. The van der Waals surface area contributed by atoms with E-state index in [-0.39, 0.29) is 12.5 Å². The molecule has 0 aromatic heterocycles. The number of rotatable bonds is 7. The number of carbonyl (C=O) groups is 2. The van der Waals surface area contributed by atoms with Gasteiger partial charge in [-0.15, -0.1) is 0 Å². The molecule has 1 saturated heterocycles. The topological polar surface area (TPSA) is 95.1 Å². The molecule has 0 aromatic carbocycles. The number of aliphatic imine (C=N–C) groups is 1. The molecule has 8 heteroatoms. The minimum Gasteiger partial charge on any atom is -0.444 e. The summed E-state index contributed by atoms with van der Waals surface area (Å²) in [6.45, 7) is 11.2. The van der Waals surface area contributed by atoms with Crippen LogP contribution in [0.5, 0.6) is 0 Å². The molecule has 1 rings (SSSR count). The molecule has 0 atom stereocenters. The van der Waals surface area contributed by atoms with Crippen LogP contribution in [0.2, 0.25) is 0 Å². The number of guanidine groups is 1. The van der Waals surface area contributed by atoms with Crippen LogP contribution in [0.1, 0.15) is 47.0 Å². The largest absolute Gasteiger partial charge is 0.444 e. The number of carbonyl (C=O) groups excluding carboxylic acids is 2. The van der Waals surface area contributed by atoms with Gasteiger partial charge in [-0.25, -0.2) is 9.79 Å². The predicted molar refractivity (Wildman–Crippen MR) is 98.6 cm³/mol. The van der Waals surface area contributed by atoms with E-state index in [1.54, 1.807) is 0 Å². The molecule has 2 amide bonds. The maximum atomic E-state index is 12.0. The lowest BCUT2D eigenvalue weighted by Gasteiger charge is -2.19. The Morgan fingerprint density at radius 3 is 2.32 bits per heavy atom. The number of nitrogens with one attached hydrogen (secondary N) is 3. The standard InChI is InChI=1S/C17H33N5O3/c1-5-18-15(21-13-14(23)22-11-6-7-12-22)19-9-8-10-20-16(24)25-17(2,3)4/h5-13H2,1-4H3,(H,20,24)(H2,18,19,21). The second-order valence-electron chi connectivity index (χ2n) is 6.99. The summed E-state index contributed by atoms with van der Waals surface area (Å²) in [7, 11) is 0. The Morgan fingerprint density at radius 1 is 1.08 bits per heavy atom. The molecule has 0 saturated carbocycles. The molecule has 0 spiro atoms. The lowest BCUT2D eigenvalue weighted by molar-refractivity contribution is -0.128. The zero-order valence-electron chi connectivity index (χ0n) is 16.0. The van der Waals surface area contributed by atoms with E-state index in [2.05, 4.69) is 20.9 Å². The van der Waals surface area contributed by atoms with Crippen LogP contribution in [-0.2, 0) is 9.53 Å². The van der Waals surface area contributed by atoms with Crippen molar-refractivity contribution in [3.05, 3.63) is 0 Å². The van der Waals surface area contributed by atoms with Gasteiger partial charge < -0.3 is 25.6 Å². The van der Waals surface area contributed by atoms with Gasteiger partial charge in [0, 0.05) is 32.7 Å². The van der Waals surface area contributed by atoms with Gasteiger partial charge >= 0.3 is 6.09 Å². The van der Waals surface area contributed by atoms with Crippen LogP contribution in [-0.4, -0.2) is 67.7 Å². The fourth-order valence-corrected chi connectivity index (χ4v) is 2.35. The van der Waals surface area contributed by atoms with Crippen LogP contribution in [0.15, 0.2) is 4.99 Å². The molecule has 1 aliphatic rings. The van der Waals surface area contributed by atoms with Crippen molar-refractivity contribution in [1.29, 1.82) is 0 Å². The van der Waals surface area contributed by atoms with Gasteiger partial charge in [0.2, 0.25) is 5.91 Å². The third-order valence-electron chi connectivity index (χ3n) is 3.49. The Bertz CT molecular complexity index is 454. The van der Waals surface area contributed by atoms with E-state index < -0.39 is 11.7 Å². The van der Waals surface area contributed by atoms with Crippen molar-refractivity contribution in [2.24, 2.45) is 4.99 Å².